The first-order valence-corrected chi connectivity index (χ1v) is 8.49. The van der Waals surface area contributed by atoms with Crippen molar-refractivity contribution in [1.82, 2.24) is 4.90 Å². The number of nitrogens with zero attached hydrogens (tertiary/aromatic N) is 1. The molecule has 0 bridgehead atoms. The smallest absolute Gasteiger partial charge is 0.257 e. The second kappa shape index (κ2) is 8.97. The normalized spacial score (nSPS) is 18.6. The fraction of sp³-hybridized carbons (Fsp3) is 0.350. The van der Waals surface area contributed by atoms with Crippen LogP contribution in [0, 0.1) is 0 Å². The Bertz CT molecular complexity index is 785. The van der Waals surface area contributed by atoms with Gasteiger partial charge in [0, 0.05) is 25.0 Å². The maximum Gasteiger partial charge on any atom is 0.257 e. The number of methoxy groups -OCH3 is 3. The Kier molecular flexibility index (Phi) is 6.93. The van der Waals surface area contributed by atoms with E-state index in [1.54, 1.807) is 24.1 Å². The minimum Gasteiger partial charge on any atom is -0.493 e. The number of carbonyl (C=O) groups excluding carboxylic acids is 1. The molecule has 1 saturated heterocycles. The summed E-state index contributed by atoms with van der Waals surface area (Å²) in [5.41, 5.74) is 7.90. The van der Waals surface area contributed by atoms with Gasteiger partial charge >= 0.3 is 0 Å². The lowest BCUT2D eigenvalue weighted by atomic mass is 9.95. The van der Waals surface area contributed by atoms with Crippen LogP contribution >= 0.6 is 12.4 Å². The minimum atomic E-state index is -0.128. The highest BCUT2D eigenvalue weighted by Gasteiger charge is 2.35. The molecule has 0 saturated carbocycles. The number of carbonyl (C=O) groups is 1. The monoisotopic (exact) mass is 392 g/mol. The zero-order chi connectivity index (χ0) is 18.7. The molecule has 27 heavy (non-hydrogen) atoms. The van der Waals surface area contributed by atoms with Gasteiger partial charge in [-0.3, -0.25) is 4.79 Å². The molecule has 3 rings (SSSR count). The summed E-state index contributed by atoms with van der Waals surface area (Å²) < 4.78 is 16.1. The van der Waals surface area contributed by atoms with Crippen LogP contribution in [0.4, 0.5) is 0 Å². The van der Waals surface area contributed by atoms with Crippen LogP contribution in [0.2, 0.25) is 0 Å². The van der Waals surface area contributed by atoms with E-state index in [4.69, 9.17) is 19.9 Å². The predicted octanol–water partition coefficient (Wildman–Crippen LogP) is 2.70. The van der Waals surface area contributed by atoms with Gasteiger partial charge in [0.2, 0.25) is 5.75 Å². The maximum absolute atomic E-state index is 13.1. The first-order chi connectivity index (χ1) is 12.6. The average Bonchev–Trinajstić information content (AvgIpc) is 3.08. The number of benzene rings is 2. The second-order valence-corrected chi connectivity index (χ2v) is 6.27. The third kappa shape index (κ3) is 3.96. The number of rotatable bonds is 5. The van der Waals surface area contributed by atoms with Crippen molar-refractivity contribution in [3.8, 4) is 17.2 Å². The first-order valence-electron chi connectivity index (χ1n) is 8.49. The van der Waals surface area contributed by atoms with Crippen LogP contribution in [0.15, 0.2) is 42.5 Å². The summed E-state index contributed by atoms with van der Waals surface area (Å²) in [6, 6.07) is 13.4. The fourth-order valence-corrected chi connectivity index (χ4v) is 3.49. The molecule has 1 fully saturated rings. The van der Waals surface area contributed by atoms with Crippen molar-refractivity contribution < 1.29 is 19.0 Å². The summed E-state index contributed by atoms with van der Waals surface area (Å²) in [6.45, 7) is 1.07. The molecule has 0 unspecified atom stereocenters. The molecule has 0 spiro atoms. The van der Waals surface area contributed by atoms with Gasteiger partial charge in [0.05, 0.1) is 26.9 Å². The van der Waals surface area contributed by atoms with Gasteiger partial charge in [-0.05, 0) is 17.7 Å². The number of hydrogen-bond donors (Lipinski definition) is 1. The van der Waals surface area contributed by atoms with E-state index in [1.165, 1.54) is 14.2 Å². The lowest BCUT2D eigenvalue weighted by Gasteiger charge is -2.20. The van der Waals surface area contributed by atoms with E-state index in [1.807, 2.05) is 18.2 Å². The third-order valence-corrected chi connectivity index (χ3v) is 4.81. The van der Waals surface area contributed by atoms with Gasteiger partial charge in [-0.25, -0.2) is 0 Å². The Morgan fingerprint density at radius 2 is 1.63 bits per heavy atom. The average molecular weight is 393 g/mol. The van der Waals surface area contributed by atoms with E-state index in [0.29, 0.717) is 35.9 Å². The Hall–Kier alpha value is -2.44. The van der Waals surface area contributed by atoms with Gasteiger partial charge < -0.3 is 24.8 Å². The molecular formula is C20H25ClN2O4. The van der Waals surface area contributed by atoms with Crippen LogP contribution in [0.1, 0.15) is 21.8 Å². The standard InChI is InChI=1S/C20H24N2O4.ClH/c1-24-17-10-9-14(18(25-2)19(17)26-3)20(23)22-11-15(16(21)12-22)13-7-5-4-6-8-13;/h4-10,15-16H,11-12,21H2,1-3H3;1H/t15-,16+;/m0./s1. The van der Waals surface area contributed by atoms with Crippen molar-refractivity contribution >= 4 is 18.3 Å². The highest BCUT2D eigenvalue weighted by atomic mass is 35.5. The lowest BCUT2D eigenvalue weighted by Crippen LogP contribution is -2.32. The molecule has 7 heteroatoms. The minimum absolute atomic E-state index is 0. The van der Waals surface area contributed by atoms with Crippen LogP contribution < -0.4 is 19.9 Å². The SMILES string of the molecule is COc1ccc(C(=O)N2C[C@@H](N)[C@H](c3ccccc3)C2)c(OC)c1OC.Cl. The van der Waals surface area contributed by atoms with Crippen molar-refractivity contribution in [3.63, 3.8) is 0 Å². The zero-order valence-corrected chi connectivity index (χ0v) is 16.5. The molecule has 1 aliphatic rings. The van der Waals surface area contributed by atoms with Crippen LogP contribution in [0.5, 0.6) is 17.2 Å². The van der Waals surface area contributed by atoms with Crippen molar-refractivity contribution in [1.29, 1.82) is 0 Å². The quantitative estimate of drug-likeness (QED) is 0.846. The highest BCUT2D eigenvalue weighted by molar-refractivity contribution is 5.98. The Labute approximate surface area is 165 Å². The van der Waals surface area contributed by atoms with Gasteiger partial charge in [-0.15, -0.1) is 12.4 Å². The van der Waals surface area contributed by atoms with E-state index in [-0.39, 0.29) is 30.3 Å². The largest absolute Gasteiger partial charge is 0.493 e. The molecule has 1 amide bonds. The zero-order valence-electron chi connectivity index (χ0n) is 15.7. The summed E-state index contributed by atoms with van der Waals surface area (Å²) in [5, 5.41) is 0. The highest BCUT2D eigenvalue weighted by Crippen LogP contribution is 2.40. The van der Waals surface area contributed by atoms with Gasteiger partial charge in [-0.1, -0.05) is 30.3 Å². The summed E-state index contributed by atoms with van der Waals surface area (Å²) >= 11 is 0. The fourth-order valence-electron chi connectivity index (χ4n) is 3.49. The number of likely N-dealkylation sites (tertiary alicyclic amines) is 1. The van der Waals surface area contributed by atoms with Crippen molar-refractivity contribution in [2.24, 2.45) is 5.73 Å². The number of ether oxygens (including phenoxy) is 3. The number of amides is 1. The predicted molar refractivity (Wildman–Crippen MR) is 106 cm³/mol. The number of hydrogen-bond acceptors (Lipinski definition) is 5. The molecule has 0 aliphatic carbocycles. The molecule has 1 aliphatic heterocycles. The Morgan fingerprint density at radius 1 is 0.963 bits per heavy atom. The molecule has 6 nitrogen and oxygen atoms in total. The van der Waals surface area contributed by atoms with E-state index < -0.39 is 0 Å². The van der Waals surface area contributed by atoms with Gasteiger partial charge in [0.1, 0.15) is 0 Å². The van der Waals surface area contributed by atoms with E-state index in [2.05, 4.69) is 12.1 Å². The first kappa shape index (κ1) is 20.9. The van der Waals surface area contributed by atoms with Crippen molar-refractivity contribution in [3.05, 3.63) is 53.6 Å². The summed E-state index contributed by atoms with van der Waals surface area (Å²) in [4.78, 5) is 14.9. The van der Waals surface area contributed by atoms with Crippen LogP contribution in [0.3, 0.4) is 0 Å². The van der Waals surface area contributed by atoms with Crippen LogP contribution in [0.25, 0.3) is 0 Å². The van der Waals surface area contributed by atoms with Crippen molar-refractivity contribution in [2.75, 3.05) is 34.4 Å². The third-order valence-electron chi connectivity index (χ3n) is 4.81. The molecule has 2 aromatic carbocycles. The summed E-state index contributed by atoms with van der Waals surface area (Å²) in [5.74, 6) is 1.28. The maximum atomic E-state index is 13.1. The van der Waals surface area contributed by atoms with E-state index in [9.17, 15) is 4.79 Å². The lowest BCUT2D eigenvalue weighted by molar-refractivity contribution is 0.0785. The second-order valence-electron chi connectivity index (χ2n) is 6.27. The van der Waals surface area contributed by atoms with Gasteiger partial charge in [-0.2, -0.15) is 0 Å². The molecular weight excluding hydrogens is 368 g/mol. The van der Waals surface area contributed by atoms with Crippen LogP contribution in [-0.2, 0) is 0 Å². The van der Waals surface area contributed by atoms with Gasteiger partial charge in [0.25, 0.3) is 5.91 Å². The number of nitrogens with two attached hydrogens (primary N) is 1. The molecule has 2 atom stereocenters. The molecule has 2 aromatic rings. The summed E-state index contributed by atoms with van der Waals surface area (Å²) in [6.07, 6.45) is 0. The van der Waals surface area contributed by atoms with Gasteiger partial charge in [0.15, 0.2) is 11.5 Å². The molecule has 2 N–H and O–H groups in total. The number of halogens is 1. The van der Waals surface area contributed by atoms with Crippen molar-refractivity contribution in [2.45, 2.75) is 12.0 Å². The Balaban J connectivity index is 0.00000261. The molecule has 0 aromatic heterocycles. The Morgan fingerprint density at radius 3 is 2.22 bits per heavy atom. The molecule has 0 radical (unpaired) electrons. The van der Waals surface area contributed by atoms with E-state index >= 15 is 0 Å². The topological polar surface area (TPSA) is 74.0 Å². The van der Waals surface area contributed by atoms with Crippen LogP contribution in [-0.4, -0.2) is 51.3 Å². The molecule has 1 heterocycles. The molecule has 146 valence electrons. The summed E-state index contributed by atoms with van der Waals surface area (Å²) in [7, 11) is 4.57. The van der Waals surface area contributed by atoms with E-state index in [0.717, 1.165) is 5.56 Å².